The molecule has 0 fully saturated rings. The lowest BCUT2D eigenvalue weighted by molar-refractivity contribution is -0.134. The number of carbonyl (C=O) groups is 2. The first-order valence-electron chi connectivity index (χ1n) is 7.75. The topological polar surface area (TPSA) is 82.1 Å². The van der Waals surface area contributed by atoms with E-state index in [0.29, 0.717) is 16.9 Å². The molecule has 6 heteroatoms. The number of aliphatic hydroxyl groups is 1. The average Bonchev–Trinajstić information content (AvgIpc) is 2.97. The summed E-state index contributed by atoms with van der Waals surface area (Å²) in [6.45, 7) is 0. The second-order valence-electron chi connectivity index (χ2n) is 5.38. The molecule has 0 aliphatic carbocycles. The number of aliphatic hydroxyl groups excluding tert-OH is 1. The molecule has 0 atom stereocenters. The Balaban J connectivity index is 2.26. The number of cyclic esters (lactones) is 1. The van der Waals surface area contributed by atoms with Crippen molar-refractivity contribution in [1.29, 1.82) is 0 Å². The summed E-state index contributed by atoms with van der Waals surface area (Å²) < 4.78 is 15.3. The van der Waals surface area contributed by atoms with Crippen LogP contribution in [0.25, 0.3) is 11.1 Å². The van der Waals surface area contributed by atoms with Crippen LogP contribution < -0.4 is 4.74 Å². The van der Waals surface area contributed by atoms with Crippen molar-refractivity contribution in [2.24, 2.45) is 0 Å². The van der Waals surface area contributed by atoms with E-state index in [0.717, 1.165) is 0 Å². The van der Waals surface area contributed by atoms with Crippen molar-refractivity contribution in [1.82, 2.24) is 0 Å². The van der Waals surface area contributed by atoms with E-state index in [4.69, 9.17) is 14.2 Å². The largest absolute Gasteiger partial charge is 0.504 e. The van der Waals surface area contributed by atoms with Gasteiger partial charge in [-0.2, -0.15) is 0 Å². The fraction of sp³-hybridized carbons (Fsp3) is 0.100. The first kappa shape index (κ1) is 17.3. The minimum atomic E-state index is -0.766. The Morgan fingerprint density at radius 1 is 1.00 bits per heavy atom. The Kier molecular flexibility index (Phi) is 4.75. The molecular weight excluding hydrogens is 336 g/mol. The van der Waals surface area contributed by atoms with Crippen LogP contribution in [0, 0.1) is 0 Å². The third-order valence-electron chi connectivity index (χ3n) is 3.91. The number of benzene rings is 2. The van der Waals surface area contributed by atoms with E-state index in [9.17, 15) is 14.7 Å². The molecule has 0 spiro atoms. The van der Waals surface area contributed by atoms with Crippen molar-refractivity contribution in [2.45, 2.75) is 0 Å². The Labute approximate surface area is 149 Å². The van der Waals surface area contributed by atoms with Gasteiger partial charge in [0.05, 0.1) is 14.2 Å². The van der Waals surface area contributed by atoms with Gasteiger partial charge in [0, 0.05) is 5.56 Å². The predicted octanol–water partition coefficient (Wildman–Crippen LogP) is 3.11. The zero-order chi connectivity index (χ0) is 18.7. The number of methoxy groups -OCH3 is 2. The van der Waals surface area contributed by atoms with E-state index >= 15 is 0 Å². The Hall–Kier alpha value is -3.54. The van der Waals surface area contributed by atoms with E-state index in [-0.39, 0.29) is 16.9 Å². The van der Waals surface area contributed by atoms with E-state index in [2.05, 4.69) is 0 Å². The number of ether oxygens (including phenoxy) is 3. The van der Waals surface area contributed by atoms with Crippen LogP contribution in [-0.4, -0.2) is 31.3 Å². The van der Waals surface area contributed by atoms with Gasteiger partial charge in [-0.05, 0) is 11.6 Å². The summed E-state index contributed by atoms with van der Waals surface area (Å²) in [5, 5.41) is 10.6. The van der Waals surface area contributed by atoms with Crippen LogP contribution in [0.5, 0.6) is 5.75 Å². The summed E-state index contributed by atoms with van der Waals surface area (Å²) in [4.78, 5) is 24.7. The van der Waals surface area contributed by atoms with Crippen molar-refractivity contribution in [3.63, 3.8) is 0 Å². The van der Waals surface area contributed by atoms with Gasteiger partial charge in [0.2, 0.25) is 0 Å². The highest BCUT2D eigenvalue weighted by Gasteiger charge is 2.36. The molecule has 26 heavy (non-hydrogen) atoms. The Bertz CT molecular complexity index is 924. The summed E-state index contributed by atoms with van der Waals surface area (Å²) >= 11 is 0. The van der Waals surface area contributed by atoms with E-state index in [1.807, 2.05) is 0 Å². The minimum Gasteiger partial charge on any atom is -0.504 e. The molecule has 0 unspecified atom stereocenters. The number of hydrogen-bond acceptors (Lipinski definition) is 6. The number of hydrogen-bond donors (Lipinski definition) is 1. The van der Waals surface area contributed by atoms with Gasteiger partial charge >= 0.3 is 11.9 Å². The van der Waals surface area contributed by atoms with Gasteiger partial charge in [0.15, 0.2) is 11.5 Å². The van der Waals surface area contributed by atoms with Gasteiger partial charge in [-0.1, -0.05) is 48.5 Å². The molecular formula is C20H16O6. The van der Waals surface area contributed by atoms with E-state index < -0.39 is 17.7 Å². The van der Waals surface area contributed by atoms with Crippen LogP contribution in [0.15, 0.2) is 66.1 Å². The van der Waals surface area contributed by atoms with E-state index in [1.54, 1.807) is 54.6 Å². The molecule has 1 heterocycles. The number of rotatable bonds is 4. The van der Waals surface area contributed by atoms with Crippen LogP contribution in [0.4, 0.5) is 0 Å². The molecule has 0 saturated heterocycles. The highest BCUT2D eigenvalue weighted by molar-refractivity contribution is 6.25. The van der Waals surface area contributed by atoms with Crippen molar-refractivity contribution >= 4 is 23.1 Å². The SMILES string of the molecule is COC(=O)C(=C1OC(=O)C(c2ccccc2)=C1O)c1ccccc1OC. The smallest absolute Gasteiger partial charge is 0.348 e. The maximum Gasteiger partial charge on any atom is 0.348 e. The Morgan fingerprint density at radius 3 is 2.31 bits per heavy atom. The second kappa shape index (κ2) is 7.14. The highest BCUT2D eigenvalue weighted by atomic mass is 16.6. The fourth-order valence-corrected chi connectivity index (χ4v) is 2.71. The highest BCUT2D eigenvalue weighted by Crippen LogP contribution is 2.38. The lowest BCUT2D eigenvalue weighted by atomic mass is 10.0. The zero-order valence-electron chi connectivity index (χ0n) is 14.2. The van der Waals surface area contributed by atoms with Crippen LogP contribution in [0.3, 0.4) is 0 Å². The van der Waals surface area contributed by atoms with Crippen LogP contribution in [0.2, 0.25) is 0 Å². The minimum absolute atomic E-state index is 0.0168. The quantitative estimate of drug-likeness (QED) is 0.673. The maximum absolute atomic E-state index is 12.4. The number of para-hydroxylation sites is 1. The van der Waals surface area contributed by atoms with Gasteiger partial charge in [0.1, 0.15) is 16.9 Å². The van der Waals surface area contributed by atoms with Crippen LogP contribution in [0.1, 0.15) is 11.1 Å². The molecule has 1 aliphatic rings. The normalized spacial score (nSPS) is 15.5. The number of esters is 2. The molecule has 132 valence electrons. The third kappa shape index (κ3) is 2.93. The maximum atomic E-state index is 12.4. The second-order valence-corrected chi connectivity index (χ2v) is 5.38. The third-order valence-corrected chi connectivity index (χ3v) is 3.91. The van der Waals surface area contributed by atoms with Crippen molar-refractivity contribution in [3.8, 4) is 5.75 Å². The molecule has 6 nitrogen and oxygen atoms in total. The monoisotopic (exact) mass is 352 g/mol. The molecule has 1 N–H and O–H groups in total. The average molecular weight is 352 g/mol. The van der Waals surface area contributed by atoms with Crippen molar-refractivity contribution in [3.05, 3.63) is 77.2 Å². The summed E-state index contributed by atoms with van der Waals surface area (Å²) in [7, 11) is 2.65. The summed E-state index contributed by atoms with van der Waals surface area (Å²) in [5.74, 6) is -1.83. The zero-order valence-corrected chi connectivity index (χ0v) is 14.2. The lowest BCUT2D eigenvalue weighted by Crippen LogP contribution is -2.10. The van der Waals surface area contributed by atoms with Crippen molar-refractivity contribution in [2.75, 3.05) is 14.2 Å². The summed E-state index contributed by atoms with van der Waals surface area (Å²) in [6, 6.07) is 15.2. The van der Waals surface area contributed by atoms with Gasteiger partial charge in [-0.3, -0.25) is 0 Å². The first-order valence-corrected chi connectivity index (χ1v) is 7.75. The molecule has 0 saturated carbocycles. The van der Waals surface area contributed by atoms with Gasteiger partial charge in [0.25, 0.3) is 0 Å². The van der Waals surface area contributed by atoms with Crippen LogP contribution in [-0.2, 0) is 19.1 Å². The van der Waals surface area contributed by atoms with Gasteiger partial charge in [-0.15, -0.1) is 0 Å². The molecule has 0 radical (unpaired) electrons. The molecule has 0 amide bonds. The van der Waals surface area contributed by atoms with Gasteiger partial charge < -0.3 is 19.3 Å². The predicted molar refractivity (Wildman–Crippen MR) is 94.0 cm³/mol. The van der Waals surface area contributed by atoms with Gasteiger partial charge in [-0.25, -0.2) is 9.59 Å². The van der Waals surface area contributed by atoms with Crippen molar-refractivity contribution < 1.29 is 28.9 Å². The molecule has 0 aromatic heterocycles. The molecule has 1 aliphatic heterocycles. The number of carbonyl (C=O) groups excluding carboxylic acids is 2. The Morgan fingerprint density at radius 2 is 1.65 bits per heavy atom. The van der Waals surface area contributed by atoms with Crippen LogP contribution >= 0.6 is 0 Å². The molecule has 2 aromatic carbocycles. The first-order chi connectivity index (χ1) is 12.6. The van der Waals surface area contributed by atoms with E-state index in [1.165, 1.54) is 14.2 Å². The molecule has 0 bridgehead atoms. The lowest BCUT2D eigenvalue weighted by Gasteiger charge is -2.12. The molecule has 2 aromatic rings. The molecule has 3 rings (SSSR count). The summed E-state index contributed by atoms with van der Waals surface area (Å²) in [5.41, 5.74) is 0.707. The summed E-state index contributed by atoms with van der Waals surface area (Å²) in [6.07, 6.45) is 0. The fourth-order valence-electron chi connectivity index (χ4n) is 2.71. The standard InChI is InChI=1S/C20H16O6/c1-24-14-11-7-6-10-13(14)16(19(22)25-2)18-17(21)15(20(23)26-18)12-8-4-3-5-9-12/h3-11,21H,1-2H3.